The number of halogens is 2. The second kappa shape index (κ2) is 6.38. The molecule has 3 N–H and O–H groups in total. The second-order valence-corrected chi connectivity index (χ2v) is 4.55. The molecule has 2 atom stereocenters. The van der Waals surface area contributed by atoms with Gasteiger partial charge in [0.25, 0.3) is 0 Å². The molecular formula is C12H14ClFN2O3. The normalized spacial score (nSPS) is 13.5. The molecular weight excluding hydrogens is 275 g/mol. The first-order chi connectivity index (χ1) is 8.81. The smallest absolute Gasteiger partial charge is 0.319 e. The van der Waals surface area contributed by atoms with Crippen LogP contribution in [0.3, 0.4) is 0 Å². The molecule has 0 bridgehead atoms. The topological polar surface area (TPSA) is 78.4 Å². The molecule has 0 aromatic heterocycles. The van der Waals surface area contributed by atoms with Crippen molar-refractivity contribution < 1.29 is 19.1 Å². The number of carboxylic acids is 1. The summed E-state index contributed by atoms with van der Waals surface area (Å²) in [6, 6.07) is 2.62. The summed E-state index contributed by atoms with van der Waals surface area (Å²) in [5.41, 5.74) is 0.319. The minimum Gasteiger partial charge on any atom is -0.481 e. The molecule has 2 amide bonds. The minimum atomic E-state index is -1.00. The van der Waals surface area contributed by atoms with Gasteiger partial charge in [-0.2, -0.15) is 0 Å². The van der Waals surface area contributed by atoms with E-state index in [9.17, 15) is 14.0 Å². The third kappa shape index (κ3) is 4.40. The van der Waals surface area contributed by atoms with Crippen molar-refractivity contribution in [2.75, 3.05) is 5.32 Å². The van der Waals surface area contributed by atoms with Gasteiger partial charge in [0.2, 0.25) is 0 Å². The Bertz CT molecular complexity index is 496. The fraction of sp³-hybridized carbons (Fsp3) is 0.333. The lowest BCUT2D eigenvalue weighted by molar-refractivity contribution is -0.141. The van der Waals surface area contributed by atoms with E-state index in [1.165, 1.54) is 19.1 Å². The van der Waals surface area contributed by atoms with Crippen LogP contribution in [0.2, 0.25) is 5.02 Å². The molecule has 104 valence electrons. The molecule has 0 aliphatic heterocycles. The maximum atomic E-state index is 12.9. The highest BCUT2D eigenvalue weighted by Gasteiger charge is 2.20. The summed E-state index contributed by atoms with van der Waals surface area (Å²) in [6.07, 6.45) is 0. The van der Waals surface area contributed by atoms with Gasteiger partial charge in [-0.05, 0) is 32.0 Å². The molecule has 0 saturated carbocycles. The van der Waals surface area contributed by atoms with Gasteiger partial charge in [-0.15, -0.1) is 0 Å². The standard InChI is InChI=1S/C12H14ClFN2O3/c1-6(11(17)18)7(2)15-12(19)16-8-3-4-10(14)9(13)5-8/h3-7H,1-2H3,(H,17,18)(H2,15,16,19). The number of carbonyl (C=O) groups is 2. The van der Waals surface area contributed by atoms with Crippen LogP contribution in [-0.2, 0) is 4.79 Å². The molecule has 0 saturated heterocycles. The van der Waals surface area contributed by atoms with Crippen molar-refractivity contribution >= 4 is 29.3 Å². The van der Waals surface area contributed by atoms with E-state index in [1.807, 2.05) is 0 Å². The van der Waals surface area contributed by atoms with Crippen LogP contribution >= 0.6 is 11.6 Å². The van der Waals surface area contributed by atoms with Crippen molar-refractivity contribution in [3.8, 4) is 0 Å². The molecule has 0 aliphatic rings. The summed E-state index contributed by atoms with van der Waals surface area (Å²) in [6.45, 7) is 3.07. The number of urea groups is 1. The quantitative estimate of drug-likeness (QED) is 0.797. The summed E-state index contributed by atoms with van der Waals surface area (Å²) in [7, 11) is 0. The SMILES string of the molecule is CC(NC(=O)Nc1ccc(F)c(Cl)c1)C(C)C(=O)O. The van der Waals surface area contributed by atoms with Crippen LogP contribution in [0.5, 0.6) is 0 Å². The lowest BCUT2D eigenvalue weighted by Crippen LogP contribution is -2.42. The Balaban J connectivity index is 2.60. The molecule has 1 aromatic rings. The maximum absolute atomic E-state index is 12.9. The predicted octanol–water partition coefficient (Wildman–Crippen LogP) is 2.71. The number of carboxylic acid groups (broad SMARTS) is 1. The largest absolute Gasteiger partial charge is 0.481 e. The van der Waals surface area contributed by atoms with Crippen LogP contribution < -0.4 is 10.6 Å². The van der Waals surface area contributed by atoms with E-state index in [0.29, 0.717) is 5.69 Å². The lowest BCUT2D eigenvalue weighted by Gasteiger charge is -2.18. The average Bonchev–Trinajstić information content (AvgIpc) is 2.32. The third-order valence-electron chi connectivity index (χ3n) is 2.68. The van der Waals surface area contributed by atoms with E-state index >= 15 is 0 Å². The molecule has 19 heavy (non-hydrogen) atoms. The molecule has 0 fully saturated rings. The molecule has 0 spiro atoms. The second-order valence-electron chi connectivity index (χ2n) is 4.14. The zero-order chi connectivity index (χ0) is 14.6. The highest BCUT2D eigenvalue weighted by Crippen LogP contribution is 2.19. The number of aliphatic carboxylic acids is 1. The van der Waals surface area contributed by atoms with Crippen LogP contribution in [0.1, 0.15) is 13.8 Å². The van der Waals surface area contributed by atoms with Gasteiger partial charge >= 0.3 is 12.0 Å². The van der Waals surface area contributed by atoms with Gasteiger partial charge in [0.1, 0.15) is 5.82 Å². The Labute approximate surface area is 114 Å². The highest BCUT2D eigenvalue weighted by atomic mass is 35.5. The van der Waals surface area contributed by atoms with Gasteiger partial charge < -0.3 is 15.7 Å². The number of nitrogens with one attached hydrogen (secondary N) is 2. The minimum absolute atomic E-state index is 0.107. The molecule has 7 heteroatoms. The number of benzene rings is 1. The predicted molar refractivity (Wildman–Crippen MR) is 69.8 cm³/mol. The van der Waals surface area contributed by atoms with E-state index < -0.39 is 29.8 Å². The summed E-state index contributed by atoms with van der Waals surface area (Å²) < 4.78 is 12.9. The number of hydrogen-bond acceptors (Lipinski definition) is 2. The lowest BCUT2D eigenvalue weighted by atomic mass is 10.0. The maximum Gasteiger partial charge on any atom is 0.319 e. The first kappa shape index (κ1) is 15.2. The Morgan fingerprint density at radius 3 is 2.53 bits per heavy atom. The van der Waals surface area contributed by atoms with Gasteiger partial charge in [-0.3, -0.25) is 4.79 Å². The van der Waals surface area contributed by atoms with Crippen LogP contribution in [0.4, 0.5) is 14.9 Å². The molecule has 5 nitrogen and oxygen atoms in total. The summed E-state index contributed by atoms with van der Waals surface area (Å²) in [5.74, 6) is -2.30. The van der Waals surface area contributed by atoms with Crippen LogP contribution in [-0.4, -0.2) is 23.1 Å². The third-order valence-corrected chi connectivity index (χ3v) is 2.97. The monoisotopic (exact) mass is 288 g/mol. The zero-order valence-corrected chi connectivity index (χ0v) is 11.2. The first-order valence-corrected chi connectivity index (χ1v) is 5.94. The first-order valence-electron chi connectivity index (χ1n) is 5.56. The van der Waals surface area contributed by atoms with Gasteiger partial charge in [-0.25, -0.2) is 9.18 Å². The number of hydrogen-bond donors (Lipinski definition) is 3. The summed E-state index contributed by atoms with van der Waals surface area (Å²) >= 11 is 5.57. The Morgan fingerprint density at radius 2 is 2.00 bits per heavy atom. The van der Waals surface area contributed by atoms with E-state index in [1.54, 1.807) is 6.92 Å². The van der Waals surface area contributed by atoms with Gasteiger partial charge in [0.05, 0.1) is 10.9 Å². The molecule has 1 aromatic carbocycles. The highest BCUT2D eigenvalue weighted by molar-refractivity contribution is 6.31. The Kier molecular flexibility index (Phi) is 5.11. The van der Waals surface area contributed by atoms with Gasteiger partial charge in [0, 0.05) is 11.7 Å². The van der Waals surface area contributed by atoms with Crippen molar-refractivity contribution in [3.05, 3.63) is 29.0 Å². The van der Waals surface area contributed by atoms with Crippen LogP contribution in [0, 0.1) is 11.7 Å². The number of amides is 2. The number of carbonyl (C=O) groups excluding carboxylic acids is 1. The van der Waals surface area contributed by atoms with Crippen molar-refractivity contribution in [3.63, 3.8) is 0 Å². The van der Waals surface area contributed by atoms with Gasteiger partial charge in [-0.1, -0.05) is 11.6 Å². The van der Waals surface area contributed by atoms with E-state index in [-0.39, 0.29) is 5.02 Å². The fourth-order valence-corrected chi connectivity index (χ4v) is 1.47. The van der Waals surface area contributed by atoms with Gasteiger partial charge in [0.15, 0.2) is 0 Å². The van der Waals surface area contributed by atoms with Crippen molar-refractivity contribution in [1.29, 1.82) is 0 Å². The summed E-state index contributed by atoms with van der Waals surface area (Å²) in [5, 5.41) is 13.6. The summed E-state index contributed by atoms with van der Waals surface area (Å²) in [4.78, 5) is 22.3. The molecule has 0 radical (unpaired) electrons. The van der Waals surface area contributed by atoms with Crippen molar-refractivity contribution in [2.45, 2.75) is 19.9 Å². The van der Waals surface area contributed by atoms with E-state index in [4.69, 9.17) is 16.7 Å². The van der Waals surface area contributed by atoms with Crippen LogP contribution in [0.15, 0.2) is 18.2 Å². The number of rotatable bonds is 4. The molecule has 0 aliphatic carbocycles. The molecule has 2 unspecified atom stereocenters. The molecule has 1 rings (SSSR count). The van der Waals surface area contributed by atoms with Crippen molar-refractivity contribution in [2.24, 2.45) is 5.92 Å². The Hall–Kier alpha value is -1.82. The number of anilines is 1. The molecule has 0 heterocycles. The van der Waals surface area contributed by atoms with Crippen LogP contribution in [0.25, 0.3) is 0 Å². The van der Waals surface area contributed by atoms with E-state index in [0.717, 1.165) is 6.07 Å². The Morgan fingerprint density at radius 1 is 1.37 bits per heavy atom. The zero-order valence-electron chi connectivity index (χ0n) is 10.4. The fourth-order valence-electron chi connectivity index (χ4n) is 1.29. The van der Waals surface area contributed by atoms with E-state index in [2.05, 4.69) is 10.6 Å². The average molecular weight is 289 g/mol. The van der Waals surface area contributed by atoms with Crippen molar-refractivity contribution in [1.82, 2.24) is 5.32 Å².